The van der Waals surface area contributed by atoms with E-state index in [1.807, 2.05) is 0 Å². The molecule has 0 atom stereocenters. The van der Waals surface area contributed by atoms with Crippen LogP contribution in [0.3, 0.4) is 0 Å². The molecule has 6 nitrogen and oxygen atoms in total. The number of amides is 1. The maximum absolute atomic E-state index is 11.7. The van der Waals surface area contributed by atoms with Crippen molar-refractivity contribution in [2.24, 2.45) is 0 Å². The fourth-order valence-corrected chi connectivity index (χ4v) is 2.09. The van der Waals surface area contributed by atoms with Crippen LogP contribution in [0.1, 0.15) is 21.6 Å². The van der Waals surface area contributed by atoms with Crippen LogP contribution in [-0.4, -0.2) is 46.1 Å². The summed E-state index contributed by atoms with van der Waals surface area (Å²) in [5.74, 6) is -0.785. The van der Waals surface area contributed by atoms with E-state index in [4.69, 9.17) is 21.4 Å². The number of hydrogen-bond donors (Lipinski definition) is 1. The summed E-state index contributed by atoms with van der Waals surface area (Å²) in [5, 5.41) is 9.13. The lowest BCUT2D eigenvalue weighted by Crippen LogP contribution is -2.37. The quantitative estimate of drug-likeness (QED) is 0.851. The number of carbonyl (C=O) groups is 2. The highest BCUT2D eigenvalue weighted by atomic mass is 35.5. The molecule has 1 amide bonds. The molecule has 2 rings (SSSR count). The van der Waals surface area contributed by atoms with Crippen molar-refractivity contribution in [1.82, 2.24) is 9.88 Å². The monoisotopic (exact) mass is 284 g/mol. The number of aromatic carboxylic acids is 1. The second-order valence-corrected chi connectivity index (χ2v) is 4.44. The van der Waals surface area contributed by atoms with Crippen molar-refractivity contribution in [3.8, 4) is 0 Å². The smallest absolute Gasteiger partial charge is 0.410 e. The number of carbonyl (C=O) groups excluding carboxylic acids is 1. The molecule has 0 radical (unpaired) electrons. The number of ether oxygens (including phenoxy) is 1. The molecular weight excluding hydrogens is 272 g/mol. The SMILES string of the molecule is O=C(O)c1ccnc2c1CN(C(=O)OCCCl)CC2. The number of pyridine rings is 1. The molecule has 1 aromatic rings. The molecule has 1 aliphatic rings. The van der Waals surface area contributed by atoms with E-state index in [9.17, 15) is 9.59 Å². The van der Waals surface area contributed by atoms with Gasteiger partial charge in [0.2, 0.25) is 0 Å². The number of alkyl halides is 1. The first-order chi connectivity index (χ1) is 9.13. The van der Waals surface area contributed by atoms with Gasteiger partial charge in [0.05, 0.1) is 18.0 Å². The Morgan fingerprint density at radius 3 is 3.00 bits per heavy atom. The maximum atomic E-state index is 11.7. The van der Waals surface area contributed by atoms with Crippen LogP contribution >= 0.6 is 11.6 Å². The zero-order chi connectivity index (χ0) is 13.8. The Labute approximate surface area is 114 Å². The van der Waals surface area contributed by atoms with E-state index in [0.717, 1.165) is 5.69 Å². The van der Waals surface area contributed by atoms with E-state index >= 15 is 0 Å². The second-order valence-electron chi connectivity index (χ2n) is 4.06. The number of rotatable bonds is 3. The number of carboxylic acids is 1. The molecule has 1 aromatic heterocycles. The summed E-state index contributed by atoms with van der Waals surface area (Å²) < 4.78 is 4.93. The Morgan fingerprint density at radius 1 is 1.53 bits per heavy atom. The van der Waals surface area contributed by atoms with E-state index in [-0.39, 0.29) is 24.6 Å². The Hall–Kier alpha value is -1.82. The maximum Gasteiger partial charge on any atom is 0.410 e. The summed E-state index contributed by atoms with van der Waals surface area (Å²) in [6.45, 7) is 0.804. The fraction of sp³-hybridized carbons (Fsp3) is 0.417. The first-order valence-corrected chi connectivity index (χ1v) is 6.34. The van der Waals surface area contributed by atoms with Crippen LogP contribution in [0, 0.1) is 0 Å². The average molecular weight is 285 g/mol. The lowest BCUT2D eigenvalue weighted by molar-refractivity contribution is 0.0689. The largest absolute Gasteiger partial charge is 0.478 e. The normalized spacial score (nSPS) is 13.8. The number of nitrogens with zero attached hydrogens (tertiary/aromatic N) is 2. The van der Waals surface area contributed by atoms with Gasteiger partial charge < -0.3 is 14.7 Å². The molecule has 0 saturated heterocycles. The Kier molecular flexibility index (Phi) is 4.21. The van der Waals surface area contributed by atoms with E-state index in [0.29, 0.717) is 18.5 Å². The molecule has 0 unspecified atom stereocenters. The number of halogens is 1. The van der Waals surface area contributed by atoms with Gasteiger partial charge in [0.1, 0.15) is 6.61 Å². The summed E-state index contributed by atoms with van der Waals surface area (Å²) in [5.41, 5.74) is 1.48. The van der Waals surface area contributed by atoms with Gasteiger partial charge in [-0.2, -0.15) is 0 Å². The summed E-state index contributed by atoms with van der Waals surface area (Å²) in [4.78, 5) is 28.5. The summed E-state index contributed by atoms with van der Waals surface area (Å²) >= 11 is 5.45. The van der Waals surface area contributed by atoms with Crippen molar-refractivity contribution in [2.75, 3.05) is 19.0 Å². The molecule has 1 aliphatic heterocycles. The van der Waals surface area contributed by atoms with Gasteiger partial charge in [-0.15, -0.1) is 11.6 Å². The molecule has 0 aromatic carbocycles. The molecule has 1 N–H and O–H groups in total. The van der Waals surface area contributed by atoms with Crippen LogP contribution in [0.2, 0.25) is 0 Å². The van der Waals surface area contributed by atoms with Crippen molar-refractivity contribution < 1.29 is 19.4 Å². The van der Waals surface area contributed by atoms with Gasteiger partial charge >= 0.3 is 12.1 Å². The Bertz CT molecular complexity index is 507. The third-order valence-corrected chi connectivity index (χ3v) is 3.06. The minimum atomic E-state index is -1.02. The molecule has 0 spiro atoms. The first-order valence-electron chi connectivity index (χ1n) is 5.81. The minimum Gasteiger partial charge on any atom is -0.478 e. The van der Waals surface area contributed by atoms with Crippen molar-refractivity contribution in [3.63, 3.8) is 0 Å². The summed E-state index contributed by atoms with van der Waals surface area (Å²) in [7, 11) is 0. The van der Waals surface area contributed by atoms with Gasteiger partial charge in [-0.25, -0.2) is 9.59 Å². The lowest BCUT2D eigenvalue weighted by atomic mass is 10.0. The van der Waals surface area contributed by atoms with Gasteiger partial charge in [-0.1, -0.05) is 0 Å². The van der Waals surface area contributed by atoms with Gasteiger partial charge in [0, 0.05) is 30.4 Å². The van der Waals surface area contributed by atoms with Crippen LogP contribution < -0.4 is 0 Å². The average Bonchev–Trinajstić information content (AvgIpc) is 2.43. The van der Waals surface area contributed by atoms with E-state index in [2.05, 4.69) is 4.98 Å². The van der Waals surface area contributed by atoms with E-state index < -0.39 is 12.1 Å². The van der Waals surface area contributed by atoms with E-state index in [1.165, 1.54) is 17.2 Å². The fourth-order valence-electron chi connectivity index (χ4n) is 2.01. The lowest BCUT2D eigenvalue weighted by Gasteiger charge is -2.28. The molecular formula is C12H13ClN2O4. The van der Waals surface area contributed by atoms with Gasteiger partial charge in [0.15, 0.2) is 0 Å². The van der Waals surface area contributed by atoms with Crippen molar-refractivity contribution in [2.45, 2.75) is 13.0 Å². The van der Waals surface area contributed by atoms with Gasteiger partial charge in [0.25, 0.3) is 0 Å². The first kappa shape index (κ1) is 13.6. The van der Waals surface area contributed by atoms with E-state index in [1.54, 1.807) is 0 Å². The van der Waals surface area contributed by atoms with Crippen LogP contribution in [0.4, 0.5) is 4.79 Å². The third kappa shape index (κ3) is 2.96. The molecule has 0 aliphatic carbocycles. The topological polar surface area (TPSA) is 79.7 Å². The Morgan fingerprint density at radius 2 is 2.32 bits per heavy atom. The molecule has 0 saturated carbocycles. The molecule has 0 fully saturated rings. The van der Waals surface area contributed by atoms with Crippen LogP contribution in [0.15, 0.2) is 12.3 Å². The summed E-state index contributed by atoms with van der Waals surface area (Å²) in [6.07, 6.45) is 1.52. The van der Waals surface area contributed by atoms with Crippen molar-refractivity contribution in [3.05, 3.63) is 29.1 Å². The molecule has 2 heterocycles. The van der Waals surface area contributed by atoms with Crippen molar-refractivity contribution in [1.29, 1.82) is 0 Å². The predicted molar refractivity (Wildman–Crippen MR) is 67.4 cm³/mol. The highest BCUT2D eigenvalue weighted by molar-refractivity contribution is 6.18. The van der Waals surface area contributed by atoms with Gasteiger partial charge in [-0.3, -0.25) is 4.98 Å². The molecule has 19 heavy (non-hydrogen) atoms. The minimum absolute atomic E-state index is 0.141. The summed E-state index contributed by atoms with van der Waals surface area (Å²) in [6, 6.07) is 1.44. The highest BCUT2D eigenvalue weighted by Gasteiger charge is 2.26. The van der Waals surface area contributed by atoms with Gasteiger partial charge in [-0.05, 0) is 6.07 Å². The highest BCUT2D eigenvalue weighted by Crippen LogP contribution is 2.21. The number of aromatic nitrogens is 1. The number of hydrogen-bond acceptors (Lipinski definition) is 4. The third-order valence-electron chi connectivity index (χ3n) is 2.90. The van der Waals surface area contributed by atoms with Crippen LogP contribution in [0.5, 0.6) is 0 Å². The second kappa shape index (κ2) is 5.88. The molecule has 102 valence electrons. The number of fused-ring (bicyclic) bond motifs is 1. The zero-order valence-electron chi connectivity index (χ0n) is 10.1. The van der Waals surface area contributed by atoms with Crippen LogP contribution in [0.25, 0.3) is 0 Å². The molecule has 0 bridgehead atoms. The zero-order valence-corrected chi connectivity index (χ0v) is 10.9. The standard InChI is InChI=1S/C12H13ClN2O4/c13-3-6-19-12(18)15-5-2-10-9(7-15)8(11(16)17)1-4-14-10/h1,4H,2-3,5-7H2,(H,16,17). The predicted octanol–water partition coefficient (Wildman–Crippen LogP) is 1.51. The van der Waals surface area contributed by atoms with Crippen LogP contribution in [-0.2, 0) is 17.7 Å². The number of carboxylic acid groups (broad SMARTS) is 1. The van der Waals surface area contributed by atoms with Crippen molar-refractivity contribution >= 4 is 23.7 Å². The Balaban J connectivity index is 2.18. The molecule has 7 heteroatoms.